The highest BCUT2D eigenvalue weighted by atomic mass is 32.2. The van der Waals surface area contributed by atoms with Gasteiger partial charge in [-0.2, -0.15) is 0 Å². The van der Waals surface area contributed by atoms with Crippen molar-refractivity contribution in [3.05, 3.63) is 59.7 Å². The van der Waals surface area contributed by atoms with E-state index in [4.69, 9.17) is 0 Å². The highest BCUT2D eigenvalue weighted by Crippen LogP contribution is 2.33. The molecule has 2 aromatic carbocycles. The van der Waals surface area contributed by atoms with Gasteiger partial charge in [0.25, 0.3) is 15.9 Å². The van der Waals surface area contributed by atoms with Crippen LogP contribution in [0.4, 0.5) is 23.2 Å². The highest BCUT2D eigenvalue weighted by Gasteiger charge is 2.41. The molecular formula is C27H33F4N3O3S. The number of halogens is 4. The van der Waals surface area contributed by atoms with Crippen LogP contribution in [0.1, 0.15) is 50.5 Å². The van der Waals surface area contributed by atoms with Crippen LogP contribution in [0.5, 0.6) is 0 Å². The lowest BCUT2D eigenvalue weighted by Crippen LogP contribution is -2.49. The summed E-state index contributed by atoms with van der Waals surface area (Å²) in [6, 6.07) is 10.4. The normalized spacial score (nSPS) is 18.9. The van der Waals surface area contributed by atoms with Gasteiger partial charge in [-0.05, 0) is 62.6 Å². The summed E-state index contributed by atoms with van der Waals surface area (Å²) >= 11 is 0. The zero-order chi connectivity index (χ0) is 27.3. The molecule has 1 aliphatic carbocycles. The Labute approximate surface area is 220 Å². The number of likely N-dealkylation sites (tertiary alicyclic amines) is 1. The largest absolute Gasteiger partial charge is 0.378 e. The number of nitrogens with one attached hydrogen (secondary N) is 2. The molecule has 0 unspecified atom stereocenters. The van der Waals surface area contributed by atoms with E-state index in [-0.39, 0.29) is 18.9 Å². The molecule has 11 heteroatoms. The van der Waals surface area contributed by atoms with Crippen LogP contribution >= 0.6 is 0 Å². The molecule has 208 valence electrons. The van der Waals surface area contributed by atoms with Crippen molar-refractivity contribution in [2.24, 2.45) is 0 Å². The maximum absolute atomic E-state index is 15.0. The number of aryl methyl sites for hydroxylation is 1. The van der Waals surface area contributed by atoms with Gasteiger partial charge >= 0.3 is 0 Å². The van der Waals surface area contributed by atoms with E-state index < -0.39 is 50.0 Å². The Morgan fingerprint density at radius 3 is 2.26 bits per heavy atom. The summed E-state index contributed by atoms with van der Waals surface area (Å²) in [5.41, 5.74) is -1.77. The number of rotatable bonds is 11. The van der Waals surface area contributed by atoms with Gasteiger partial charge in [0, 0.05) is 25.7 Å². The molecule has 0 spiro atoms. The van der Waals surface area contributed by atoms with E-state index in [1.807, 2.05) is 35.2 Å². The molecule has 0 aromatic heterocycles. The van der Waals surface area contributed by atoms with Crippen molar-refractivity contribution in [1.82, 2.24) is 9.62 Å². The summed E-state index contributed by atoms with van der Waals surface area (Å²) in [5.74, 6) is -3.62. The third-order valence-electron chi connectivity index (χ3n) is 7.29. The number of benzene rings is 2. The Balaban J connectivity index is 1.47. The van der Waals surface area contributed by atoms with Crippen molar-refractivity contribution in [2.45, 2.75) is 74.1 Å². The van der Waals surface area contributed by atoms with E-state index in [1.165, 1.54) is 0 Å². The van der Waals surface area contributed by atoms with Crippen LogP contribution < -0.4 is 10.0 Å². The van der Waals surface area contributed by atoms with Crippen LogP contribution in [0.2, 0.25) is 0 Å². The lowest BCUT2D eigenvalue weighted by Gasteiger charge is -2.35. The maximum Gasteiger partial charge on any atom is 0.271 e. The minimum Gasteiger partial charge on any atom is -0.378 e. The standard InChI is InChI=1S/C27H33F4N3O3S/c28-20-17-34(18-20)14-11-21(10-9-19-7-3-1-4-8-19)32-25-23(29)15-22(16-24(25)30)38(36,37)33-26(35)27(31)12-5-2-6-13-27/h1,3-4,7-8,15-16,20-21,32H,2,5-6,9-14,17-18H2,(H,33,35)/t21-/m0/s1. The Morgan fingerprint density at radius 1 is 1.03 bits per heavy atom. The second-order valence-electron chi connectivity index (χ2n) is 10.2. The number of amides is 1. The second-order valence-corrected chi connectivity index (χ2v) is 11.9. The van der Waals surface area contributed by atoms with Crippen LogP contribution in [-0.4, -0.2) is 56.7 Å². The van der Waals surface area contributed by atoms with Crippen molar-refractivity contribution in [1.29, 1.82) is 0 Å². The van der Waals surface area contributed by atoms with Crippen molar-refractivity contribution >= 4 is 21.6 Å². The number of anilines is 1. The molecule has 1 saturated carbocycles. The minimum absolute atomic E-state index is 0.103. The van der Waals surface area contributed by atoms with Gasteiger partial charge in [-0.25, -0.2) is 30.7 Å². The monoisotopic (exact) mass is 555 g/mol. The average Bonchev–Trinajstić information content (AvgIpc) is 2.86. The van der Waals surface area contributed by atoms with E-state index in [0.29, 0.717) is 63.9 Å². The number of carbonyl (C=O) groups is 1. The first-order chi connectivity index (χ1) is 18.1. The molecule has 1 saturated heterocycles. The third-order valence-corrected chi connectivity index (χ3v) is 8.60. The smallest absolute Gasteiger partial charge is 0.271 e. The fraction of sp³-hybridized carbons (Fsp3) is 0.519. The summed E-state index contributed by atoms with van der Waals surface area (Å²) in [5, 5.41) is 2.87. The van der Waals surface area contributed by atoms with Gasteiger partial charge in [0.1, 0.15) is 11.9 Å². The van der Waals surface area contributed by atoms with Gasteiger partial charge in [-0.15, -0.1) is 0 Å². The lowest BCUT2D eigenvalue weighted by molar-refractivity contribution is -0.133. The molecule has 1 amide bonds. The molecule has 38 heavy (non-hydrogen) atoms. The zero-order valence-corrected chi connectivity index (χ0v) is 21.9. The number of hydrogen-bond acceptors (Lipinski definition) is 5. The van der Waals surface area contributed by atoms with Crippen molar-refractivity contribution in [2.75, 3.05) is 25.0 Å². The van der Waals surface area contributed by atoms with E-state index in [1.54, 1.807) is 4.72 Å². The van der Waals surface area contributed by atoms with Crippen LogP contribution in [0.3, 0.4) is 0 Å². The van der Waals surface area contributed by atoms with Gasteiger partial charge in [0.2, 0.25) is 0 Å². The van der Waals surface area contributed by atoms with Gasteiger partial charge < -0.3 is 5.32 Å². The molecule has 2 fully saturated rings. The SMILES string of the molecule is O=C(NS(=O)(=O)c1cc(F)c(N[C@@H](CCc2ccccc2)CCN2CC(F)C2)c(F)c1)C1(F)CCCCC1. The summed E-state index contributed by atoms with van der Waals surface area (Å²) in [6.07, 6.45) is 2.24. The molecular weight excluding hydrogens is 522 g/mol. The molecule has 1 atom stereocenters. The number of carbonyl (C=O) groups excluding carboxylic acids is 1. The second kappa shape index (κ2) is 12.0. The van der Waals surface area contributed by atoms with Crippen molar-refractivity contribution in [3.8, 4) is 0 Å². The van der Waals surface area contributed by atoms with Crippen LogP contribution in [0.15, 0.2) is 47.4 Å². The Kier molecular flexibility index (Phi) is 8.97. The molecule has 2 aromatic rings. The van der Waals surface area contributed by atoms with Crippen LogP contribution in [-0.2, 0) is 21.2 Å². The predicted octanol–water partition coefficient (Wildman–Crippen LogP) is 4.90. The Bertz CT molecular complexity index is 1190. The van der Waals surface area contributed by atoms with Crippen LogP contribution in [0.25, 0.3) is 0 Å². The summed E-state index contributed by atoms with van der Waals surface area (Å²) in [7, 11) is -4.70. The maximum atomic E-state index is 15.0. The van der Waals surface area contributed by atoms with Crippen molar-refractivity contribution in [3.63, 3.8) is 0 Å². The quantitative estimate of drug-likeness (QED) is 0.386. The molecule has 1 heterocycles. The Morgan fingerprint density at radius 2 is 1.66 bits per heavy atom. The molecule has 6 nitrogen and oxygen atoms in total. The fourth-order valence-corrected chi connectivity index (χ4v) is 6.02. The number of alkyl halides is 2. The molecule has 0 radical (unpaired) electrons. The first-order valence-electron chi connectivity index (χ1n) is 13.0. The van der Waals surface area contributed by atoms with E-state index in [9.17, 15) is 22.0 Å². The molecule has 0 bridgehead atoms. The topological polar surface area (TPSA) is 78.5 Å². The van der Waals surface area contributed by atoms with E-state index in [0.717, 1.165) is 12.0 Å². The summed E-state index contributed by atoms with van der Waals surface area (Å²) in [6.45, 7) is 1.19. The molecule has 2 N–H and O–H groups in total. The van der Waals surface area contributed by atoms with Crippen LogP contribution in [0, 0.1) is 11.6 Å². The van der Waals surface area contributed by atoms with Gasteiger partial charge in [0.15, 0.2) is 17.3 Å². The highest BCUT2D eigenvalue weighted by molar-refractivity contribution is 7.90. The number of nitrogens with zero attached hydrogens (tertiary/aromatic N) is 1. The average molecular weight is 556 g/mol. The van der Waals surface area contributed by atoms with Gasteiger partial charge in [-0.3, -0.25) is 9.69 Å². The van der Waals surface area contributed by atoms with Crippen molar-refractivity contribution < 1.29 is 30.8 Å². The molecule has 1 aliphatic heterocycles. The fourth-order valence-electron chi connectivity index (χ4n) is 4.96. The van der Waals surface area contributed by atoms with E-state index >= 15 is 8.78 Å². The predicted molar refractivity (Wildman–Crippen MR) is 137 cm³/mol. The van der Waals surface area contributed by atoms with E-state index in [2.05, 4.69) is 5.32 Å². The number of hydrogen-bond donors (Lipinski definition) is 2. The first kappa shape index (κ1) is 28.4. The molecule has 4 rings (SSSR count). The van der Waals surface area contributed by atoms with Gasteiger partial charge in [0.05, 0.1) is 4.90 Å². The van der Waals surface area contributed by atoms with Gasteiger partial charge in [-0.1, -0.05) is 36.8 Å². The zero-order valence-electron chi connectivity index (χ0n) is 21.1. The number of sulfonamides is 1. The summed E-state index contributed by atoms with van der Waals surface area (Å²) in [4.78, 5) is 13.5. The lowest BCUT2D eigenvalue weighted by atomic mass is 9.86. The third kappa shape index (κ3) is 7.05. The summed E-state index contributed by atoms with van der Waals surface area (Å²) < 4.78 is 85.2. The Hall–Kier alpha value is -2.66. The first-order valence-corrected chi connectivity index (χ1v) is 14.5. The minimum atomic E-state index is -4.70. The molecule has 2 aliphatic rings.